The van der Waals surface area contributed by atoms with Gasteiger partial charge in [-0.2, -0.15) is 0 Å². The van der Waals surface area contributed by atoms with Gasteiger partial charge in [-0.1, -0.05) is 0 Å². The zero-order valence-corrected chi connectivity index (χ0v) is 16.5. The Hall–Kier alpha value is -2.85. The van der Waals surface area contributed by atoms with E-state index in [1.54, 1.807) is 20.8 Å². The van der Waals surface area contributed by atoms with Gasteiger partial charge in [-0.05, 0) is 40.5 Å². The summed E-state index contributed by atoms with van der Waals surface area (Å²) in [7, 11) is 0. The van der Waals surface area contributed by atoms with Crippen molar-refractivity contribution < 1.29 is 33.8 Å². The van der Waals surface area contributed by atoms with Gasteiger partial charge in [0, 0.05) is 6.54 Å². The van der Waals surface area contributed by atoms with Crippen LogP contribution < -0.4 is 16.4 Å². The molecule has 11 nitrogen and oxygen atoms in total. The van der Waals surface area contributed by atoms with Crippen molar-refractivity contribution in [2.45, 2.75) is 70.7 Å². The highest BCUT2D eigenvalue weighted by molar-refractivity contribution is 5.95. The first-order chi connectivity index (χ1) is 12.8. The second kappa shape index (κ2) is 9.38. The van der Waals surface area contributed by atoms with E-state index in [9.17, 15) is 29.1 Å². The van der Waals surface area contributed by atoms with Crippen LogP contribution >= 0.6 is 0 Å². The number of nitrogens with two attached hydrogens (primary N) is 1. The van der Waals surface area contributed by atoms with E-state index in [0.717, 1.165) is 4.90 Å². The first-order valence-electron chi connectivity index (χ1n) is 8.93. The van der Waals surface area contributed by atoms with E-state index in [4.69, 9.17) is 10.5 Å². The lowest BCUT2D eigenvalue weighted by Crippen LogP contribution is -2.56. The minimum atomic E-state index is -1.33. The number of nitrogens with zero attached hydrogens (tertiary/aromatic N) is 1. The molecule has 0 aromatic carbocycles. The number of nitrogens with one attached hydrogen (secondary N) is 2. The van der Waals surface area contributed by atoms with E-state index in [2.05, 4.69) is 10.6 Å². The maximum Gasteiger partial charge on any atom is 0.408 e. The molecule has 1 saturated heterocycles. The van der Waals surface area contributed by atoms with Gasteiger partial charge in [0.25, 0.3) is 0 Å². The van der Waals surface area contributed by atoms with Crippen molar-refractivity contribution in [1.82, 2.24) is 15.5 Å². The predicted molar refractivity (Wildman–Crippen MR) is 96.9 cm³/mol. The summed E-state index contributed by atoms with van der Waals surface area (Å²) in [5.74, 6) is -3.44. The largest absolute Gasteiger partial charge is 0.480 e. The molecule has 28 heavy (non-hydrogen) atoms. The fourth-order valence-corrected chi connectivity index (χ4v) is 2.74. The molecular weight excluding hydrogens is 372 g/mol. The number of carbonyl (C=O) groups excluding carboxylic acids is 4. The minimum absolute atomic E-state index is 0.201. The summed E-state index contributed by atoms with van der Waals surface area (Å²) in [6, 6.07) is -3.41. The van der Waals surface area contributed by atoms with Crippen molar-refractivity contribution in [3.63, 3.8) is 0 Å². The molecule has 0 spiro atoms. The quantitative estimate of drug-likeness (QED) is 0.439. The van der Waals surface area contributed by atoms with Crippen molar-refractivity contribution in [3.8, 4) is 0 Å². The van der Waals surface area contributed by atoms with Gasteiger partial charge >= 0.3 is 12.1 Å². The lowest BCUT2D eigenvalue weighted by atomic mass is 10.1. The molecule has 0 aromatic rings. The second-order valence-corrected chi connectivity index (χ2v) is 7.63. The summed E-state index contributed by atoms with van der Waals surface area (Å²) in [6.45, 7) is 6.56. The normalized spacial score (nSPS) is 18.7. The first-order valence-corrected chi connectivity index (χ1v) is 8.93. The lowest BCUT2D eigenvalue weighted by Gasteiger charge is -2.28. The monoisotopic (exact) mass is 400 g/mol. The number of ether oxygens (including phenoxy) is 1. The number of carbonyl (C=O) groups is 5. The highest BCUT2D eigenvalue weighted by Gasteiger charge is 2.38. The number of hydrogen-bond acceptors (Lipinski definition) is 6. The molecule has 3 atom stereocenters. The molecule has 1 fully saturated rings. The average Bonchev–Trinajstić information content (AvgIpc) is 3.00. The first kappa shape index (κ1) is 23.2. The summed E-state index contributed by atoms with van der Waals surface area (Å²) < 4.78 is 5.05. The van der Waals surface area contributed by atoms with Gasteiger partial charge in [0.2, 0.25) is 17.7 Å². The topological polar surface area (TPSA) is 168 Å². The fourth-order valence-electron chi connectivity index (χ4n) is 2.74. The Morgan fingerprint density at radius 3 is 2.32 bits per heavy atom. The van der Waals surface area contributed by atoms with E-state index in [0.29, 0.717) is 6.42 Å². The Labute approximate surface area is 162 Å². The number of primary amides is 1. The van der Waals surface area contributed by atoms with Crippen molar-refractivity contribution in [1.29, 1.82) is 0 Å². The fraction of sp³-hybridized carbons (Fsp3) is 0.706. The molecule has 0 radical (unpaired) electrons. The van der Waals surface area contributed by atoms with Crippen LogP contribution in [-0.2, 0) is 23.9 Å². The van der Waals surface area contributed by atoms with E-state index in [-0.39, 0.29) is 13.0 Å². The van der Waals surface area contributed by atoms with Gasteiger partial charge in [0.1, 0.15) is 23.7 Å². The maximum absolute atomic E-state index is 12.7. The van der Waals surface area contributed by atoms with Crippen LogP contribution in [0.25, 0.3) is 0 Å². The number of amides is 4. The van der Waals surface area contributed by atoms with E-state index in [1.165, 1.54) is 6.92 Å². The van der Waals surface area contributed by atoms with Gasteiger partial charge in [-0.3, -0.25) is 14.4 Å². The van der Waals surface area contributed by atoms with Gasteiger partial charge in [-0.15, -0.1) is 0 Å². The van der Waals surface area contributed by atoms with Crippen LogP contribution in [0.4, 0.5) is 4.79 Å². The number of rotatable bonds is 7. The summed E-state index contributed by atoms with van der Waals surface area (Å²) in [6.07, 6.45) is -0.531. The number of alkyl carbamates (subject to hydrolysis) is 1. The van der Waals surface area contributed by atoms with E-state index in [1.807, 2.05) is 0 Å². The maximum atomic E-state index is 12.7. The van der Waals surface area contributed by atoms with Crippen LogP contribution in [0.15, 0.2) is 0 Å². The molecule has 0 aromatic heterocycles. The summed E-state index contributed by atoms with van der Waals surface area (Å²) >= 11 is 0. The van der Waals surface area contributed by atoms with Crippen LogP contribution in [0, 0.1) is 0 Å². The Bertz CT molecular complexity index is 644. The number of carboxylic acids is 1. The average molecular weight is 400 g/mol. The molecular formula is C17H28N4O7. The Balaban J connectivity index is 2.81. The van der Waals surface area contributed by atoms with Crippen molar-refractivity contribution >= 4 is 29.8 Å². The second-order valence-electron chi connectivity index (χ2n) is 7.63. The van der Waals surface area contributed by atoms with Gasteiger partial charge < -0.3 is 31.1 Å². The van der Waals surface area contributed by atoms with Gasteiger partial charge in [0.15, 0.2) is 0 Å². The molecule has 11 heteroatoms. The van der Waals surface area contributed by atoms with Crippen molar-refractivity contribution in [3.05, 3.63) is 0 Å². The molecule has 1 aliphatic heterocycles. The molecule has 0 saturated carbocycles. The van der Waals surface area contributed by atoms with Crippen LogP contribution in [0.5, 0.6) is 0 Å². The SMILES string of the molecule is C[C@H](NC(=O)OC(C)(C)C)C(=O)N[C@@H](CC(N)=O)C(=O)N1CCC[C@H]1C(=O)O. The number of likely N-dealkylation sites (tertiary alicyclic amines) is 1. The van der Waals surface area contributed by atoms with Crippen molar-refractivity contribution in [2.24, 2.45) is 5.73 Å². The molecule has 1 aliphatic rings. The van der Waals surface area contributed by atoms with E-state index < -0.39 is 59.9 Å². The standard InChI is InChI=1S/C17H28N4O7/c1-9(19-16(27)28-17(2,3)4)13(23)20-10(8-12(18)22)14(24)21-7-5-6-11(21)15(25)26/h9-11H,5-8H2,1-4H3,(H2,18,22)(H,19,27)(H,20,23)(H,25,26)/t9-,10-,11-/m0/s1. The molecule has 5 N–H and O–H groups in total. The summed E-state index contributed by atoms with van der Waals surface area (Å²) in [5, 5.41) is 13.9. The molecule has 4 amide bonds. The predicted octanol–water partition coefficient (Wildman–Crippen LogP) is -0.665. The van der Waals surface area contributed by atoms with Crippen LogP contribution in [0.2, 0.25) is 0 Å². The van der Waals surface area contributed by atoms with Crippen LogP contribution in [0.1, 0.15) is 47.0 Å². The summed E-state index contributed by atoms with van der Waals surface area (Å²) in [5.41, 5.74) is 4.40. The zero-order valence-electron chi connectivity index (χ0n) is 16.5. The smallest absolute Gasteiger partial charge is 0.408 e. The number of aliphatic carboxylic acids is 1. The van der Waals surface area contributed by atoms with Gasteiger partial charge in [0.05, 0.1) is 6.42 Å². The molecule has 0 bridgehead atoms. The molecule has 1 rings (SSSR count). The highest BCUT2D eigenvalue weighted by atomic mass is 16.6. The van der Waals surface area contributed by atoms with Crippen LogP contribution in [0.3, 0.4) is 0 Å². The Morgan fingerprint density at radius 1 is 1.21 bits per heavy atom. The zero-order chi connectivity index (χ0) is 21.6. The Morgan fingerprint density at radius 2 is 1.82 bits per heavy atom. The molecule has 1 heterocycles. The number of carboxylic acid groups (broad SMARTS) is 1. The Kier molecular flexibility index (Phi) is 7.77. The molecule has 158 valence electrons. The minimum Gasteiger partial charge on any atom is -0.480 e. The van der Waals surface area contributed by atoms with Crippen LogP contribution in [-0.4, -0.2) is 70.1 Å². The number of hydrogen-bond donors (Lipinski definition) is 4. The summed E-state index contributed by atoms with van der Waals surface area (Å²) in [4.78, 5) is 60.5. The lowest BCUT2D eigenvalue weighted by molar-refractivity contribution is -0.149. The third-order valence-corrected chi connectivity index (χ3v) is 3.97. The molecule has 0 unspecified atom stereocenters. The van der Waals surface area contributed by atoms with Gasteiger partial charge in [-0.25, -0.2) is 9.59 Å². The third kappa shape index (κ3) is 7.05. The van der Waals surface area contributed by atoms with E-state index >= 15 is 0 Å². The van der Waals surface area contributed by atoms with Crippen molar-refractivity contribution in [2.75, 3.05) is 6.54 Å². The third-order valence-electron chi connectivity index (χ3n) is 3.97. The molecule has 0 aliphatic carbocycles. The highest BCUT2D eigenvalue weighted by Crippen LogP contribution is 2.19.